The van der Waals surface area contributed by atoms with Crippen molar-refractivity contribution in [1.82, 2.24) is 4.90 Å². The Labute approximate surface area is 90.0 Å². The first kappa shape index (κ1) is 9.49. The number of rotatable bonds is 1. The maximum Gasteiger partial charge on any atom is 0.0695 e. The van der Waals surface area contributed by atoms with Gasteiger partial charge in [-0.25, -0.2) is 0 Å². The number of hydrogen-bond acceptors (Lipinski definition) is 3. The average Bonchev–Trinajstić information content (AvgIpc) is 2.79. The fourth-order valence-corrected chi connectivity index (χ4v) is 4.77. The molecule has 3 fully saturated rings. The lowest BCUT2D eigenvalue weighted by Gasteiger charge is -2.39. The number of aliphatic hydroxyl groups excluding tert-OH is 1. The van der Waals surface area contributed by atoms with Crippen LogP contribution in [0.3, 0.4) is 0 Å². The minimum atomic E-state index is -0.0342. The smallest absolute Gasteiger partial charge is 0.0695 e. The van der Waals surface area contributed by atoms with E-state index in [2.05, 4.69) is 16.7 Å². The molecule has 0 aromatic heterocycles. The van der Waals surface area contributed by atoms with Crippen molar-refractivity contribution in [3.05, 3.63) is 0 Å². The number of hydrogen-bond donors (Lipinski definition) is 1. The second-order valence-corrected chi connectivity index (χ2v) is 6.29. The van der Waals surface area contributed by atoms with Crippen LogP contribution in [0.4, 0.5) is 0 Å². The van der Waals surface area contributed by atoms with Gasteiger partial charge in [-0.15, -0.1) is 0 Å². The second kappa shape index (κ2) is 3.69. The Morgan fingerprint density at radius 2 is 2.07 bits per heavy atom. The van der Waals surface area contributed by atoms with Gasteiger partial charge in [-0.1, -0.05) is 12.8 Å². The van der Waals surface area contributed by atoms with Gasteiger partial charge >= 0.3 is 0 Å². The molecular weight excluding hydrogens is 194 g/mol. The number of nitrogens with zero attached hydrogens (tertiary/aromatic N) is 1. The van der Waals surface area contributed by atoms with Crippen LogP contribution < -0.4 is 0 Å². The molecule has 3 rings (SSSR count). The molecule has 2 bridgehead atoms. The molecule has 2 unspecified atom stereocenters. The number of fused-ring (bicyclic) bond motifs is 2. The lowest BCUT2D eigenvalue weighted by atomic mass is 9.91. The molecule has 3 heteroatoms. The first-order chi connectivity index (χ1) is 6.84. The fourth-order valence-electron chi connectivity index (χ4n) is 3.31. The lowest BCUT2D eigenvalue weighted by Crippen LogP contribution is -2.49. The number of likely N-dealkylation sites (tertiary alicyclic amines) is 1. The summed E-state index contributed by atoms with van der Waals surface area (Å²) in [6.07, 6.45) is 6.17. The predicted molar refractivity (Wildman–Crippen MR) is 59.6 cm³/mol. The van der Waals surface area contributed by atoms with E-state index in [9.17, 15) is 5.11 Å². The van der Waals surface area contributed by atoms with Crippen molar-refractivity contribution in [1.29, 1.82) is 0 Å². The fraction of sp³-hybridized carbons (Fsp3) is 1.00. The molecule has 1 aliphatic carbocycles. The highest BCUT2D eigenvalue weighted by Gasteiger charge is 2.43. The average molecular weight is 213 g/mol. The quantitative estimate of drug-likeness (QED) is 0.714. The molecular formula is C11H19NOS. The Morgan fingerprint density at radius 1 is 1.21 bits per heavy atom. The van der Waals surface area contributed by atoms with E-state index in [1.165, 1.54) is 38.0 Å². The third-order valence-electron chi connectivity index (χ3n) is 4.06. The van der Waals surface area contributed by atoms with Gasteiger partial charge < -0.3 is 5.11 Å². The molecule has 0 radical (unpaired) electrons. The molecule has 1 N–H and O–H groups in total. The Hall–Kier alpha value is 0.270. The summed E-state index contributed by atoms with van der Waals surface area (Å²) in [5, 5.41) is 10.9. The zero-order valence-corrected chi connectivity index (χ0v) is 9.38. The van der Waals surface area contributed by atoms with Crippen LogP contribution in [0.25, 0.3) is 0 Å². The number of aliphatic hydroxyl groups is 1. The third-order valence-corrected chi connectivity index (χ3v) is 5.45. The topological polar surface area (TPSA) is 23.5 Å². The van der Waals surface area contributed by atoms with Gasteiger partial charge in [0.15, 0.2) is 0 Å². The molecule has 80 valence electrons. The summed E-state index contributed by atoms with van der Waals surface area (Å²) in [5.41, 5.74) is 0. The van der Waals surface area contributed by atoms with E-state index in [1.807, 2.05) is 0 Å². The van der Waals surface area contributed by atoms with E-state index >= 15 is 0 Å². The van der Waals surface area contributed by atoms with Crippen molar-refractivity contribution in [2.45, 2.75) is 55.5 Å². The van der Waals surface area contributed by atoms with Crippen molar-refractivity contribution in [3.8, 4) is 0 Å². The first-order valence-corrected chi connectivity index (χ1v) is 6.95. The largest absolute Gasteiger partial charge is 0.391 e. The molecule has 2 heterocycles. The molecule has 2 saturated heterocycles. The van der Waals surface area contributed by atoms with E-state index in [1.54, 1.807) is 0 Å². The van der Waals surface area contributed by atoms with Crippen molar-refractivity contribution < 1.29 is 5.11 Å². The van der Waals surface area contributed by atoms with Gasteiger partial charge in [-0.05, 0) is 19.3 Å². The summed E-state index contributed by atoms with van der Waals surface area (Å²) < 4.78 is 0. The van der Waals surface area contributed by atoms with Gasteiger partial charge in [0.2, 0.25) is 0 Å². The standard InChI is InChI=1S/C11H19NOS/c13-11-4-2-1-3-10(11)12-6-9-5-8(12)7-14-9/h8-11,13H,1-7H2/t8?,9?,10-,11-/m0/s1. The van der Waals surface area contributed by atoms with E-state index in [0.717, 1.165) is 17.7 Å². The van der Waals surface area contributed by atoms with E-state index < -0.39 is 0 Å². The van der Waals surface area contributed by atoms with E-state index in [-0.39, 0.29) is 6.10 Å². The minimum Gasteiger partial charge on any atom is -0.391 e. The van der Waals surface area contributed by atoms with Crippen LogP contribution >= 0.6 is 11.8 Å². The van der Waals surface area contributed by atoms with Crippen LogP contribution in [0.5, 0.6) is 0 Å². The van der Waals surface area contributed by atoms with Gasteiger partial charge in [-0.3, -0.25) is 4.90 Å². The Kier molecular flexibility index (Phi) is 2.50. The zero-order valence-electron chi connectivity index (χ0n) is 8.56. The molecule has 3 aliphatic rings. The molecule has 4 atom stereocenters. The van der Waals surface area contributed by atoms with Crippen LogP contribution in [-0.2, 0) is 0 Å². The van der Waals surface area contributed by atoms with Crippen molar-refractivity contribution in [2.75, 3.05) is 12.3 Å². The van der Waals surface area contributed by atoms with Crippen molar-refractivity contribution in [2.24, 2.45) is 0 Å². The molecule has 1 saturated carbocycles. The molecule has 2 aliphatic heterocycles. The van der Waals surface area contributed by atoms with Gasteiger partial charge in [-0.2, -0.15) is 11.8 Å². The maximum atomic E-state index is 10.0. The summed E-state index contributed by atoms with van der Waals surface area (Å²) in [5.74, 6) is 1.31. The van der Waals surface area contributed by atoms with Gasteiger partial charge in [0, 0.05) is 29.6 Å². The highest BCUT2D eigenvalue weighted by molar-refractivity contribution is 8.00. The van der Waals surface area contributed by atoms with Gasteiger partial charge in [0.25, 0.3) is 0 Å². The zero-order chi connectivity index (χ0) is 9.54. The van der Waals surface area contributed by atoms with E-state index in [0.29, 0.717) is 6.04 Å². The third kappa shape index (κ3) is 1.50. The summed E-state index contributed by atoms with van der Waals surface area (Å²) in [7, 11) is 0. The van der Waals surface area contributed by atoms with Crippen LogP contribution in [-0.4, -0.2) is 45.7 Å². The SMILES string of the molecule is O[C@H]1CCCC[C@@H]1N1CC2CC1CS2. The minimum absolute atomic E-state index is 0.0342. The normalized spacial score (nSPS) is 48.6. The molecule has 0 aromatic rings. The Morgan fingerprint density at radius 3 is 2.71 bits per heavy atom. The summed E-state index contributed by atoms with van der Waals surface area (Å²) in [6, 6.07) is 1.29. The van der Waals surface area contributed by atoms with E-state index in [4.69, 9.17) is 0 Å². The molecule has 14 heavy (non-hydrogen) atoms. The molecule has 0 aromatic carbocycles. The van der Waals surface area contributed by atoms with Crippen LogP contribution in [0.1, 0.15) is 32.1 Å². The summed E-state index contributed by atoms with van der Waals surface area (Å²) in [6.45, 7) is 1.25. The highest BCUT2D eigenvalue weighted by atomic mass is 32.2. The van der Waals surface area contributed by atoms with Crippen molar-refractivity contribution >= 4 is 11.8 Å². The maximum absolute atomic E-state index is 10.0. The highest BCUT2D eigenvalue weighted by Crippen LogP contribution is 2.40. The Bertz CT molecular complexity index is 223. The predicted octanol–water partition coefficient (Wildman–Crippen LogP) is 1.48. The first-order valence-electron chi connectivity index (χ1n) is 5.90. The summed E-state index contributed by atoms with van der Waals surface area (Å²) in [4.78, 5) is 2.62. The molecule has 0 spiro atoms. The monoisotopic (exact) mass is 213 g/mol. The molecule has 2 nitrogen and oxygen atoms in total. The van der Waals surface area contributed by atoms with Crippen LogP contribution in [0, 0.1) is 0 Å². The van der Waals surface area contributed by atoms with Crippen LogP contribution in [0.15, 0.2) is 0 Å². The number of thioether (sulfide) groups is 1. The Balaban J connectivity index is 1.69. The second-order valence-electron chi connectivity index (χ2n) is 4.96. The van der Waals surface area contributed by atoms with Gasteiger partial charge in [0.05, 0.1) is 6.10 Å². The molecule has 0 amide bonds. The van der Waals surface area contributed by atoms with Gasteiger partial charge in [0.1, 0.15) is 0 Å². The summed E-state index contributed by atoms with van der Waals surface area (Å²) >= 11 is 2.14. The van der Waals surface area contributed by atoms with Crippen molar-refractivity contribution in [3.63, 3.8) is 0 Å². The lowest BCUT2D eigenvalue weighted by molar-refractivity contribution is 0.0167. The van der Waals surface area contributed by atoms with Crippen LogP contribution in [0.2, 0.25) is 0 Å².